The average Bonchev–Trinajstić information content (AvgIpc) is 2.67. The van der Waals surface area contributed by atoms with Crippen LogP contribution in [0.25, 0.3) is 0 Å². The second-order valence-electron chi connectivity index (χ2n) is 3.87. The maximum atomic E-state index is 10.2. The molecule has 1 atom stereocenters. The first-order valence-electron chi connectivity index (χ1n) is 5.18. The van der Waals surface area contributed by atoms with E-state index in [1.54, 1.807) is 4.68 Å². The van der Waals surface area contributed by atoms with Gasteiger partial charge in [-0.3, -0.25) is 4.68 Å². The summed E-state index contributed by atoms with van der Waals surface area (Å²) in [7, 11) is 1.87. The standard InChI is InChI=1S/C12H12BrIN2O/c1-16-5-4-9(15-16)7-12(17)10-6-8(13)2-3-11(10)14/h2-6,12,17H,7H2,1H3. The molecule has 0 saturated heterocycles. The van der Waals surface area contributed by atoms with Gasteiger partial charge in [-0.15, -0.1) is 0 Å². The van der Waals surface area contributed by atoms with Gasteiger partial charge in [0.25, 0.3) is 0 Å². The number of halogens is 2. The number of aromatic nitrogens is 2. The average molecular weight is 407 g/mol. The van der Waals surface area contributed by atoms with E-state index in [9.17, 15) is 5.11 Å². The van der Waals surface area contributed by atoms with Crippen molar-refractivity contribution >= 4 is 38.5 Å². The van der Waals surface area contributed by atoms with Crippen molar-refractivity contribution < 1.29 is 5.11 Å². The summed E-state index contributed by atoms with van der Waals surface area (Å²) in [6, 6.07) is 7.84. The lowest BCUT2D eigenvalue weighted by Crippen LogP contribution is -2.05. The monoisotopic (exact) mass is 406 g/mol. The van der Waals surface area contributed by atoms with Crippen LogP contribution in [0.3, 0.4) is 0 Å². The number of benzene rings is 1. The summed E-state index contributed by atoms with van der Waals surface area (Å²) in [5.41, 5.74) is 1.83. The normalized spacial score (nSPS) is 12.7. The Morgan fingerprint density at radius 1 is 1.47 bits per heavy atom. The number of aliphatic hydroxyl groups is 1. The predicted molar refractivity (Wildman–Crippen MR) is 78.7 cm³/mol. The van der Waals surface area contributed by atoms with E-state index in [0.29, 0.717) is 6.42 Å². The molecule has 90 valence electrons. The van der Waals surface area contributed by atoms with Crippen molar-refractivity contribution in [3.8, 4) is 0 Å². The number of aliphatic hydroxyl groups excluding tert-OH is 1. The Kier molecular flexibility index (Phi) is 4.22. The van der Waals surface area contributed by atoms with E-state index >= 15 is 0 Å². The zero-order valence-electron chi connectivity index (χ0n) is 9.27. The van der Waals surface area contributed by atoms with Crippen LogP contribution in [0, 0.1) is 3.57 Å². The predicted octanol–water partition coefficient (Wildman–Crippen LogP) is 3.06. The lowest BCUT2D eigenvalue weighted by Gasteiger charge is -2.12. The minimum absolute atomic E-state index is 0.519. The Hall–Kier alpha value is -0.400. The molecule has 17 heavy (non-hydrogen) atoms. The van der Waals surface area contributed by atoms with Crippen LogP contribution in [0.4, 0.5) is 0 Å². The van der Waals surface area contributed by atoms with Crippen LogP contribution in [0.5, 0.6) is 0 Å². The molecule has 0 aliphatic rings. The quantitative estimate of drug-likeness (QED) is 0.795. The van der Waals surface area contributed by atoms with Crippen molar-refractivity contribution in [3.63, 3.8) is 0 Å². The van der Waals surface area contributed by atoms with Crippen LogP contribution in [0.2, 0.25) is 0 Å². The maximum absolute atomic E-state index is 10.2. The summed E-state index contributed by atoms with van der Waals surface area (Å²) >= 11 is 5.65. The molecule has 5 heteroatoms. The molecule has 1 aromatic heterocycles. The van der Waals surface area contributed by atoms with Gasteiger partial charge in [0.2, 0.25) is 0 Å². The summed E-state index contributed by atoms with van der Waals surface area (Å²) < 4.78 is 3.79. The summed E-state index contributed by atoms with van der Waals surface area (Å²) in [5, 5.41) is 14.5. The fraction of sp³-hybridized carbons (Fsp3) is 0.250. The van der Waals surface area contributed by atoms with Crippen LogP contribution in [-0.2, 0) is 13.5 Å². The Balaban J connectivity index is 2.19. The van der Waals surface area contributed by atoms with E-state index in [-0.39, 0.29) is 0 Å². The molecule has 1 heterocycles. The highest BCUT2D eigenvalue weighted by molar-refractivity contribution is 14.1. The van der Waals surface area contributed by atoms with E-state index in [1.807, 2.05) is 37.5 Å². The largest absolute Gasteiger partial charge is 0.388 e. The van der Waals surface area contributed by atoms with Crippen molar-refractivity contribution in [3.05, 3.63) is 49.8 Å². The Morgan fingerprint density at radius 2 is 2.24 bits per heavy atom. The second-order valence-corrected chi connectivity index (χ2v) is 5.94. The van der Waals surface area contributed by atoms with Gasteiger partial charge >= 0.3 is 0 Å². The minimum Gasteiger partial charge on any atom is -0.388 e. The molecule has 0 fully saturated rings. The maximum Gasteiger partial charge on any atom is 0.0856 e. The number of rotatable bonds is 3. The van der Waals surface area contributed by atoms with Gasteiger partial charge in [0.1, 0.15) is 0 Å². The Labute approximate surface area is 122 Å². The molecular formula is C12H12BrIN2O. The van der Waals surface area contributed by atoms with Gasteiger partial charge in [0, 0.05) is 27.7 Å². The number of nitrogens with zero attached hydrogens (tertiary/aromatic N) is 2. The third-order valence-corrected chi connectivity index (χ3v) is 3.96. The fourth-order valence-corrected chi connectivity index (χ4v) is 2.72. The van der Waals surface area contributed by atoms with Crippen LogP contribution in [0.1, 0.15) is 17.4 Å². The molecule has 0 saturated carbocycles. The third-order valence-electron chi connectivity index (χ3n) is 2.49. The van der Waals surface area contributed by atoms with Gasteiger partial charge in [0.05, 0.1) is 11.8 Å². The van der Waals surface area contributed by atoms with Crippen molar-refractivity contribution in [1.82, 2.24) is 9.78 Å². The lowest BCUT2D eigenvalue weighted by molar-refractivity contribution is 0.176. The number of hydrogen-bond acceptors (Lipinski definition) is 2. The summed E-state index contributed by atoms with van der Waals surface area (Å²) in [6.45, 7) is 0. The fourth-order valence-electron chi connectivity index (χ4n) is 1.65. The van der Waals surface area contributed by atoms with Gasteiger partial charge in [0.15, 0.2) is 0 Å². The molecule has 2 aromatic rings. The lowest BCUT2D eigenvalue weighted by atomic mass is 10.1. The van der Waals surface area contributed by atoms with Crippen LogP contribution < -0.4 is 0 Å². The van der Waals surface area contributed by atoms with Gasteiger partial charge in [-0.05, 0) is 52.4 Å². The molecule has 0 amide bonds. The molecule has 1 aromatic carbocycles. The minimum atomic E-state index is -0.519. The summed E-state index contributed by atoms with van der Waals surface area (Å²) in [5.74, 6) is 0. The zero-order valence-corrected chi connectivity index (χ0v) is 13.0. The summed E-state index contributed by atoms with van der Waals surface area (Å²) in [4.78, 5) is 0. The van der Waals surface area contributed by atoms with Crippen molar-refractivity contribution in [2.75, 3.05) is 0 Å². The van der Waals surface area contributed by atoms with Gasteiger partial charge in [-0.25, -0.2) is 0 Å². The third kappa shape index (κ3) is 3.29. The molecule has 0 aliphatic heterocycles. The Morgan fingerprint density at radius 3 is 2.88 bits per heavy atom. The van der Waals surface area contributed by atoms with Crippen molar-refractivity contribution in [2.45, 2.75) is 12.5 Å². The van der Waals surface area contributed by atoms with Crippen LogP contribution >= 0.6 is 38.5 Å². The first kappa shape index (κ1) is 13.0. The SMILES string of the molecule is Cn1ccc(CC(O)c2cc(Br)ccc2I)n1. The molecule has 0 radical (unpaired) electrons. The highest BCUT2D eigenvalue weighted by atomic mass is 127. The molecule has 3 nitrogen and oxygen atoms in total. The molecule has 1 N–H and O–H groups in total. The topological polar surface area (TPSA) is 38.0 Å². The molecule has 0 bridgehead atoms. The highest BCUT2D eigenvalue weighted by Gasteiger charge is 2.13. The number of hydrogen-bond donors (Lipinski definition) is 1. The van der Waals surface area contributed by atoms with Crippen molar-refractivity contribution in [1.29, 1.82) is 0 Å². The Bertz CT molecular complexity index is 527. The van der Waals surface area contributed by atoms with E-state index in [4.69, 9.17) is 0 Å². The van der Waals surface area contributed by atoms with Gasteiger partial charge < -0.3 is 5.11 Å². The second kappa shape index (κ2) is 5.49. The molecule has 1 unspecified atom stereocenters. The smallest absolute Gasteiger partial charge is 0.0856 e. The summed E-state index contributed by atoms with van der Waals surface area (Å²) in [6.07, 6.45) is 1.90. The molecular weight excluding hydrogens is 395 g/mol. The first-order valence-corrected chi connectivity index (χ1v) is 7.05. The number of aryl methyl sites for hydroxylation is 1. The van der Waals surface area contributed by atoms with E-state index in [1.165, 1.54) is 0 Å². The first-order chi connectivity index (χ1) is 8.06. The van der Waals surface area contributed by atoms with Crippen molar-refractivity contribution in [2.24, 2.45) is 7.05 Å². The van der Waals surface area contributed by atoms with Gasteiger partial charge in [-0.1, -0.05) is 15.9 Å². The molecule has 0 aliphatic carbocycles. The van der Waals surface area contributed by atoms with Gasteiger partial charge in [-0.2, -0.15) is 5.10 Å². The van der Waals surface area contributed by atoms with E-state index in [2.05, 4.69) is 43.6 Å². The van der Waals surface area contributed by atoms with Crippen LogP contribution in [0.15, 0.2) is 34.9 Å². The van der Waals surface area contributed by atoms with E-state index < -0.39 is 6.10 Å². The molecule has 2 rings (SSSR count). The highest BCUT2D eigenvalue weighted by Crippen LogP contribution is 2.26. The molecule has 0 spiro atoms. The zero-order chi connectivity index (χ0) is 12.4. The van der Waals surface area contributed by atoms with Crippen LogP contribution in [-0.4, -0.2) is 14.9 Å². The van der Waals surface area contributed by atoms with E-state index in [0.717, 1.165) is 19.3 Å².